The van der Waals surface area contributed by atoms with Gasteiger partial charge in [-0.1, -0.05) is 29.3 Å². The first-order valence-electron chi connectivity index (χ1n) is 7.38. The van der Waals surface area contributed by atoms with E-state index in [-0.39, 0.29) is 18.3 Å². The SMILES string of the molecule is COCC1(C(=O)N(C)Cc2ccc(Cl)c(Cl)c2)CCNCC1.Cl. The molecule has 2 rings (SSSR count). The van der Waals surface area contributed by atoms with E-state index in [9.17, 15) is 4.79 Å². The van der Waals surface area contributed by atoms with Gasteiger partial charge < -0.3 is 15.0 Å². The summed E-state index contributed by atoms with van der Waals surface area (Å²) >= 11 is 12.0. The summed E-state index contributed by atoms with van der Waals surface area (Å²) in [7, 11) is 3.47. The van der Waals surface area contributed by atoms with Crippen LogP contribution in [0.4, 0.5) is 0 Å². The average Bonchev–Trinajstić information content (AvgIpc) is 2.51. The number of carbonyl (C=O) groups excluding carboxylic acids is 1. The molecule has 0 radical (unpaired) electrons. The zero-order valence-corrected chi connectivity index (χ0v) is 15.7. The normalized spacial score (nSPS) is 16.5. The maximum absolute atomic E-state index is 12.9. The molecule has 7 heteroatoms. The molecule has 23 heavy (non-hydrogen) atoms. The highest BCUT2D eigenvalue weighted by Crippen LogP contribution is 2.32. The first-order chi connectivity index (χ1) is 10.5. The van der Waals surface area contributed by atoms with Crippen LogP contribution < -0.4 is 5.32 Å². The van der Waals surface area contributed by atoms with E-state index >= 15 is 0 Å². The minimum Gasteiger partial charge on any atom is -0.384 e. The molecular weight excluding hydrogens is 359 g/mol. The first-order valence-corrected chi connectivity index (χ1v) is 8.13. The highest BCUT2D eigenvalue weighted by atomic mass is 35.5. The molecule has 1 saturated heterocycles. The molecule has 1 aliphatic heterocycles. The molecule has 1 aromatic carbocycles. The number of rotatable bonds is 5. The molecule has 1 amide bonds. The lowest BCUT2D eigenvalue weighted by Gasteiger charge is -2.38. The van der Waals surface area contributed by atoms with Gasteiger partial charge in [0.25, 0.3) is 0 Å². The van der Waals surface area contributed by atoms with Crippen LogP contribution in [0.15, 0.2) is 18.2 Å². The average molecular weight is 382 g/mol. The number of amides is 1. The van der Waals surface area contributed by atoms with Crippen LogP contribution in [0.25, 0.3) is 0 Å². The summed E-state index contributed by atoms with van der Waals surface area (Å²) in [6.07, 6.45) is 1.59. The molecule has 1 heterocycles. The molecule has 0 aromatic heterocycles. The van der Waals surface area contributed by atoms with Crippen LogP contribution in [0.2, 0.25) is 10.0 Å². The van der Waals surface area contributed by atoms with E-state index in [1.54, 1.807) is 24.1 Å². The monoisotopic (exact) mass is 380 g/mol. The van der Waals surface area contributed by atoms with Crippen LogP contribution in [-0.4, -0.2) is 44.7 Å². The number of benzene rings is 1. The van der Waals surface area contributed by atoms with Gasteiger partial charge in [-0.25, -0.2) is 0 Å². The molecule has 1 aliphatic rings. The summed E-state index contributed by atoms with van der Waals surface area (Å²) in [6, 6.07) is 5.45. The number of ether oxygens (including phenoxy) is 1. The second-order valence-corrected chi connectivity index (χ2v) is 6.69. The second kappa shape index (κ2) is 9.09. The number of nitrogens with one attached hydrogen (secondary N) is 1. The van der Waals surface area contributed by atoms with Crippen molar-refractivity contribution < 1.29 is 9.53 Å². The number of piperidine rings is 1. The number of hydrogen-bond acceptors (Lipinski definition) is 3. The molecule has 4 nitrogen and oxygen atoms in total. The Labute approximate surface area is 153 Å². The predicted molar refractivity (Wildman–Crippen MR) is 96.6 cm³/mol. The number of nitrogens with zero attached hydrogens (tertiary/aromatic N) is 1. The van der Waals surface area contributed by atoms with Gasteiger partial charge in [0.15, 0.2) is 0 Å². The summed E-state index contributed by atoms with van der Waals surface area (Å²) < 4.78 is 5.33. The van der Waals surface area contributed by atoms with Crippen molar-refractivity contribution in [1.29, 1.82) is 0 Å². The summed E-state index contributed by atoms with van der Waals surface area (Å²) in [5.41, 5.74) is 0.539. The van der Waals surface area contributed by atoms with Crippen molar-refractivity contribution >= 4 is 41.5 Å². The van der Waals surface area contributed by atoms with Crippen LogP contribution in [0, 0.1) is 5.41 Å². The Kier molecular flexibility index (Phi) is 8.11. The molecule has 0 saturated carbocycles. The van der Waals surface area contributed by atoms with E-state index in [0.717, 1.165) is 31.5 Å². The van der Waals surface area contributed by atoms with Gasteiger partial charge in [0, 0.05) is 20.7 Å². The van der Waals surface area contributed by atoms with Gasteiger partial charge in [-0.05, 0) is 43.6 Å². The van der Waals surface area contributed by atoms with Gasteiger partial charge in [-0.2, -0.15) is 0 Å². The molecule has 1 fully saturated rings. The maximum Gasteiger partial charge on any atom is 0.231 e. The molecule has 0 spiro atoms. The highest BCUT2D eigenvalue weighted by Gasteiger charge is 2.41. The fraction of sp³-hybridized carbons (Fsp3) is 0.562. The lowest BCUT2D eigenvalue weighted by molar-refractivity contribution is -0.146. The highest BCUT2D eigenvalue weighted by molar-refractivity contribution is 6.42. The predicted octanol–water partition coefficient (Wildman–Crippen LogP) is 3.39. The van der Waals surface area contributed by atoms with Gasteiger partial charge in [0.2, 0.25) is 5.91 Å². The van der Waals surface area contributed by atoms with Gasteiger partial charge in [0.1, 0.15) is 0 Å². The minimum atomic E-state index is -0.426. The standard InChI is InChI=1S/C16H22Cl2N2O2.ClH/c1-20(10-12-3-4-13(17)14(18)9-12)15(21)16(11-22-2)5-7-19-8-6-16;/h3-4,9,19H,5-8,10-11H2,1-2H3;1H. The third kappa shape index (κ3) is 4.97. The molecular formula is C16H23Cl3N2O2. The van der Waals surface area contributed by atoms with Crippen LogP contribution in [-0.2, 0) is 16.1 Å². The summed E-state index contributed by atoms with van der Waals surface area (Å²) in [5.74, 6) is 0.127. The number of halogens is 3. The minimum absolute atomic E-state index is 0. The van der Waals surface area contributed by atoms with Crippen LogP contribution >= 0.6 is 35.6 Å². The molecule has 0 bridgehead atoms. The van der Waals surface area contributed by atoms with E-state index < -0.39 is 5.41 Å². The zero-order chi connectivity index (χ0) is 16.2. The Balaban J connectivity index is 0.00000264. The molecule has 1 aromatic rings. The van der Waals surface area contributed by atoms with Crippen molar-refractivity contribution in [3.63, 3.8) is 0 Å². The van der Waals surface area contributed by atoms with Gasteiger partial charge in [0.05, 0.1) is 22.1 Å². The Hall–Kier alpha value is -0.520. The number of methoxy groups -OCH3 is 1. The Morgan fingerprint density at radius 1 is 1.30 bits per heavy atom. The summed E-state index contributed by atoms with van der Waals surface area (Å²) in [5, 5.41) is 4.33. The van der Waals surface area contributed by atoms with E-state index in [2.05, 4.69) is 5.32 Å². The third-order valence-corrected chi connectivity index (χ3v) is 4.92. The smallest absolute Gasteiger partial charge is 0.231 e. The van der Waals surface area contributed by atoms with Crippen molar-refractivity contribution in [2.45, 2.75) is 19.4 Å². The Morgan fingerprint density at radius 2 is 1.96 bits per heavy atom. The van der Waals surface area contributed by atoms with E-state index in [4.69, 9.17) is 27.9 Å². The first kappa shape index (κ1) is 20.5. The largest absolute Gasteiger partial charge is 0.384 e. The molecule has 0 aliphatic carbocycles. The van der Waals surface area contributed by atoms with Crippen LogP contribution in [0.3, 0.4) is 0 Å². The fourth-order valence-corrected chi connectivity index (χ4v) is 3.31. The van der Waals surface area contributed by atoms with Gasteiger partial charge in [-0.15, -0.1) is 12.4 Å². The Morgan fingerprint density at radius 3 is 2.52 bits per heavy atom. The molecule has 130 valence electrons. The van der Waals surface area contributed by atoms with Gasteiger partial charge in [-0.3, -0.25) is 4.79 Å². The third-order valence-electron chi connectivity index (χ3n) is 4.19. The zero-order valence-electron chi connectivity index (χ0n) is 13.4. The van der Waals surface area contributed by atoms with Crippen LogP contribution in [0.5, 0.6) is 0 Å². The number of carbonyl (C=O) groups is 1. The summed E-state index contributed by atoms with van der Waals surface area (Å²) in [4.78, 5) is 14.7. The fourth-order valence-electron chi connectivity index (χ4n) is 2.99. The maximum atomic E-state index is 12.9. The topological polar surface area (TPSA) is 41.6 Å². The lowest BCUT2D eigenvalue weighted by Crippen LogP contribution is -2.50. The van der Waals surface area contributed by atoms with Crippen molar-refractivity contribution in [2.75, 3.05) is 33.9 Å². The van der Waals surface area contributed by atoms with Gasteiger partial charge >= 0.3 is 0 Å². The molecule has 0 atom stereocenters. The van der Waals surface area contributed by atoms with Crippen molar-refractivity contribution in [3.8, 4) is 0 Å². The van der Waals surface area contributed by atoms with Crippen molar-refractivity contribution in [3.05, 3.63) is 33.8 Å². The molecule has 1 N–H and O–H groups in total. The van der Waals surface area contributed by atoms with Crippen LogP contribution in [0.1, 0.15) is 18.4 Å². The lowest BCUT2D eigenvalue weighted by atomic mass is 9.78. The van der Waals surface area contributed by atoms with Crippen molar-refractivity contribution in [1.82, 2.24) is 10.2 Å². The quantitative estimate of drug-likeness (QED) is 0.850. The Bertz CT molecular complexity index is 529. The van der Waals surface area contributed by atoms with E-state index in [1.807, 2.05) is 13.1 Å². The summed E-state index contributed by atoms with van der Waals surface area (Å²) in [6.45, 7) is 2.65. The second-order valence-electron chi connectivity index (χ2n) is 5.87. The van der Waals surface area contributed by atoms with Crippen molar-refractivity contribution in [2.24, 2.45) is 5.41 Å². The molecule has 0 unspecified atom stereocenters. The van der Waals surface area contributed by atoms with E-state index in [1.165, 1.54) is 0 Å². The number of hydrogen-bond donors (Lipinski definition) is 1. The van der Waals surface area contributed by atoms with E-state index in [0.29, 0.717) is 23.2 Å².